The van der Waals surface area contributed by atoms with E-state index in [1.54, 1.807) is 7.11 Å². The Morgan fingerprint density at radius 2 is 1.68 bits per heavy atom. The highest BCUT2D eigenvalue weighted by Crippen LogP contribution is 2.22. The second-order valence-corrected chi connectivity index (χ2v) is 6.83. The van der Waals surface area contributed by atoms with Crippen LogP contribution in [0, 0.1) is 0 Å². The van der Waals surface area contributed by atoms with Gasteiger partial charge >= 0.3 is 0 Å². The molecule has 9 heteroatoms. The molecule has 2 amide bonds. The van der Waals surface area contributed by atoms with E-state index in [0.29, 0.717) is 25.9 Å². The van der Waals surface area contributed by atoms with E-state index in [-0.39, 0.29) is 43.2 Å². The van der Waals surface area contributed by atoms with E-state index in [4.69, 9.17) is 4.74 Å². The molecule has 2 heterocycles. The van der Waals surface area contributed by atoms with Crippen LogP contribution in [-0.4, -0.2) is 75.2 Å². The summed E-state index contributed by atoms with van der Waals surface area (Å²) in [6.07, 6.45) is 1.25. The van der Waals surface area contributed by atoms with Crippen LogP contribution < -0.4 is 15.5 Å². The first-order chi connectivity index (χ1) is 12.6. The van der Waals surface area contributed by atoms with Crippen LogP contribution in [0.1, 0.15) is 12.8 Å². The molecular formula is C19H30Cl2N4O3. The summed E-state index contributed by atoms with van der Waals surface area (Å²) in [5, 5.41) is 6.01. The lowest BCUT2D eigenvalue weighted by atomic mass is 9.91. The maximum absolute atomic E-state index is 12.5. The molecule has 7 nitrogen and oxygen atoms in total. The normalized spacial score (nSPS) is 18.5. The zero-order chi connectivity index (χ0) is 18.4. The van der Waals surface area contributed by atoms with Crippen molar-refractivity contribution in [2.75, 3.05) is 57.8 Å². The topological polar surface area (TPSA) is 73.9 Å². The van der Waals surface area contributed by atoms with Crippen molar-refractivity contribution in [1.82, 2.24) is 15.5 Å². The summed E-state index contributed by atoms with van der Waals surface area (Å²) in [7, 11) is 1.57. The van der Waals surface area contributed by atoms with Crippen LogP contribution in [0.25, 0.3) is 0 Å². The third-order valence-electron chi connectivity index (χ3n) is 5.37. The van der Waals surface area contributed by atoms with Crippen LogP contribution >= 0.6 is 24.8 Å². The van der Waals surface area contributed by atoms with Gasteiger partial charge in [-0.1, -0.05) is 18.2 Å². The summed E-state index contributed by atoms with van der Waals surface area (Å²) in [6.45, 7) is 4.47. The molecule has 2 fully saturated rings. The lowest BCUT2D eigenvalue weighted by Crippen LogP contribution is -2.56. The summed E-state index contributed by atoms with van der Waals surface area (Å²) < 4.78 is 5.50. The average Bonchev–Trinajstić information content (AvgIpc) is 2.73. The van der Waals surface area contributed by atoms with Gasteiger partial charge < -0.3 is 25.2 Å². The molecule has 0 aliphatic carbocycles. The summed E-state index contributed by atoms with van der Waals surface area (Å²) in [5.41, 5.74) is 0.373. The first-order valence-corrected chi connectivity index (χ1v) is 9.26. The van der Waals surface area contributed by atoms with Gasteiger partial charge in [-0.3, -0.25) is 9.59 Å². The van der Waals surface area contributed by atoms with Crippen LogP contribution in [0.2, 0.25) is 0 Å². The van der Waals surface area contributed by atoms with Gasteiger partial charge in [-0.15, -0.1) is 24.8 Å². The van der Waals surface area contributed by atoms with Gasteiger partial charge in [0.1, 0.15) is 5.60 Å². The Labute approximate surface area is 179 Å². The van der Waals surface area contributed by atoms with E-state index >= 15 is 0 Å². The minimum absolute atomic E-state index is 0. The largest absolute Gasteiger partial charge is 0.368 e. The van der Waals surface area contributed by atoms with Crippen LogP contribution in [0.15, 0.2) is 30.3 Å². The third kappa shape index (κ3) is 5.73. The van der Waals surface area contributed by atoms with Gasteiger partial charge in [-0.25, -0.2) is 0 Å². The molecule has 2 N–H and O–H groups in total. The zero-order valence-corrected chi connectivity index (χ0v) is 17.8. The Morgan fingerprint density at radius 1 is 1.07 bits per heavy atom. The van der Waals surface area contributed by atoms with Gasteiger partial charge in [0.15, 0.2) is 0 Å². The van der Waals surface area contributed by atoms with Crippen LogP contribution in [0.4, 0.5) is 5.69 Å². The minimum Gasteiger partial charge on any atom is -0.368 e. The molecule has 0 radical (unpaired) electrons. The third-order valence-corrected chi connectivity index (χ3v) is 5.37. The highest BCUT2D eigenvalue weighted by atomic mass is 35.5. The maximum Gasteiger partial charge on any atom is 0.252 e. The molecule has 1 aromatic carbocycles. The average molecular weight is 433 g/mol. The quantitative estimate of drug-likeness (QED) is 0.727. The summed E-state index contributed by atoms with van der Waals surface area (Å²) in [6, 6.07) is 10.2. The highest BCUT2D eigenvalue weighted by Gasteiger charge is 2.39. The van der Waals surface area contributed by atoms with Crippen LogP contribution in [0.5, 0.6) is 0 Å². The lowest BCUT2D eigenvalue weighted by molar-refractivity contribution is -0.148. The van der Waals surface area contributed by atoms with Crippen molar-refractivity contribution in [3.05, 3.63) is 30.3 Å². The number of carbonyl (C=O) groups is 2. The van der Waals surface area contributed by atoms with Gasteiger partial charge in [0, 0.05) is 39.0 Å². The molecule has 0 spiro atoms. The van der Waals surface area contributed by atoms with E-state index in [9.17, 15) is 9.59 Å². The van der Waals surface area contributed by atoms with E-state index < -0.39 is 5.60 Å². The van der Waals surface area contributed by atoms with Crippen molar-refractivity contribution >= 4 is 42.3 Å². The van der Waals surface area contributed by atoms with Crippen molar-refractivity contribution in [1.29, 1.82) is 0 Å². The van der Waals surface area contributed by atoms with Crippen molar-refractivity contribution < 1.29 is 14.3 Å². The van der Waals surface area contributed by atoms with E-state index in [0.717, 1.165) is 26.2 Å². The fourth-order valence-electron chi connectivity index (χ4n) is 3.64. The molecule has 0 aromatic heterocycles. The Hall–Kier alpha value is -1.54. The van der Waals surface area contributed by atoms with Crippen LogP contribution in [-0.2, 0) is 14.3 Å². The number of benzene rings is 1. The van der Waals surface area contributed by atoms with Crippen molar-refractivity contribution in [3.8, 4) is 0 Å². The fourth-order valence-corrected chi connectivity index (χ4v) is 3.64. The zero-order valence-electron chi connectivity index (χ0n) is 16.2. The number of hydrogen-bond acceptors (Lipinski definition) is 5. The lowest BCUT2D eigenvalue weighted by Gasteiger charge is -2.37. The predicted octanol–water partition coefficient (Wildman–Crippen LogP) is 1.06. The smallest absolute Gasteiger partial charge is 0.252 e. The molecule has 28 heavy (non-hydrogen) atoms. The number of methoxy groups -OCH3 is 1. The predicted molar refractivity (Wildman–Crippen MR) is 115 cm³/mol. The van der Waals surface area contributed by atoms with Gasteiger partial charge in [0.2, 0.25) is 5.91 Å². The second kappa shape index (κ2) is 11.5. The molecule has 0 saturated carbocycles. The van der Waals surface area contributed by atoms with Crippen molar-refractivity contribution in [2.45, 2.75) is 18.4 Å². The molecule has 3 rings (SSSR count). The Kier molecular flexibility index (Phi) is 10.0. The number of ether oxygens (including phenoxy) is 1. The number of nitrogens with zero attached hydrogens (tertiary/aromatic N) is 2. The van der Waals surface area contributed by atoms with Gasteiger partial charge in [-0.05, 0) is 38.1 Å². The molecule has 0 bridgehead atoms. The summed E-state index contributed by atoms with van der Waals surface area (Å²) >= 11 is 0. The highest BCUT2D eigenvalue weighted by molar-refractivity contribution is 5.89. The van der Waals surface area contributed by atoms with Crippen molar-refractivity contribution in [3.63, 3.8) is 0 Å². The molecule has 2 aliphatic heterocycles. The molecule has 2 aliphatic rings. The molecule has 0 atom stereocenters. The molecule has 2 saturated heterocycles. The second-order valence-electron chi connectivity index (χ2n) is 6.83. The molecular weight excluding hydrogens is 403 g/mol. The number of piperidine rings is 1. The van der Waals surface area contributed by atoms with Crippen LogP contribution in [0.3, 0.4) is 0 Å². The Balaban J connectivity index is 0.00000196. The number of amides is 2. The number of rotatable bonds is 5. The molecule has 1 aromatic rings. The number of para-hydroxylation sites is 1. The summed E-state index contributed by atoms with van der Waals surface area (Å²) in [4.78, 5) is 29.1. The number of carbonyl (C=O) groups excluding carboxylic acids is 2. The van der Waals surface area contributed by atoms with Gasteiger partial charge in [0.05, 0.1) is 6.54 Å². The number of halogens is 2. The maximum atomic E-state index is 12.5. The first-order valence-electron chi connectivity index (χ1n) is 9.26. The van der Waals surface area contributed by atoms with Gasteiger partial charge in [-0.2, -0.15) is 0 Å². The monoisotopic (exact) mass is 432 g/mol. The standard InChI is InChI=1S/C19H28N4O3.2ClH/c1-26-19(7-9-20-10-8-19)18(25)21-15-17(24)23-13-11-22(12-14-23)16-5-3-2-4-6-16;;/h2-6,20H,7-15H2,1H3,(H,21,25);2*1H. The SMILES string of the molecule is COC1(C(=O)NCC(=O)N2CCN(c3ccccc3)CC2)CCNCC1.Cl.Cl. The van der Waals surface area contributed by atoms with Gasteiger partial charge in [0.25, 0.3) is 5.91 Å². The fraction of sp³-hybridized carbons (Fsp3) is 0.579. The molecule has 158 valence electrons. The number of nitrogens with one attached hydrogen (secondary N) is 2. The Morgan fingerprint density at radius 3 is 2.25 bits per heavy atom. The van der Waals surface area contributed by atoms with E-state index in [2.05, 4.69) is 27.7 Å². The van der Waals surface area contributed by atoms with Crippen molar-refractivity contribution in [2.24, 2.45) is 0 Å². The number of hydrogen-bond donors (Lipinski definition) is 2. The minimum atomic E-state index is -0.808. The summed E-state index contributed by atoms with van der Waals surface area (Å²) in [5.74, 6) is -0.218. The number of piperazine rings is 1. The molecule has 0 unspecified atom stereocenters. The Bertz CT molecular complexity index is 619. The number of anilines is 1. The van der Waals surface area contributed by atoms with E-state index in [1.807, 2.05) is 23.1 Å². The first kappa shape index (κ1) is 24.5. The van der Waals surface area contributed by atoms with E-state index in [1.165, 1.54) is 5.69 Å².